The van der Waals surface area contributed by atoms with Crippen LogP contribution >= 0.6 is 0 Å². The summed E-state index contributed by atoms with van der Waals surface area (Å²) in [6.07, 6.45) is 0. The number of likely N-dealkylation sites (N-methyl/N-ethyl adjacent to an activating group) is 1. The summed E-state index contributed by atoms with van der Waals surface area (Å²) in [6.45, 7) is 15.2. The summed E-state index contributed by atoms with van der Waals surface area (Å²) >= 11 is 0. The zero-order valence-electron chi connectivity index (χ0n) is 12.7. The number of hydrogen-bond donors (Lipinski definition) is 2. The molecule has 0 aromatic rings. The molecule has 1 saturated heterocycles. The Bertz CT molecular complexity index is 305. The highest BCUT2D eigenvalue weighted by Gasteiger charge is 2.15. The summed E-state index contributed by atoms with van der Waals surface area (Å²) in [4.78, 5) is 9.27. The quantitative estimate of drug-likeness (QED) is 0.414. The molecule has 19 heavy (non-hydrogen) atoms. The van der Waals surface area contributed by atoms with Crippen molar-refractivity contribution in [2.24, 2.45) is 16.6 Å². The summed E-state index contributed by atoms with van der Waals surface area (Å²) in [5.74, 6) is 1.06. The second kappa shape index (κ2) is 8.17. The first-order valence-electron chi connectivity index (χ1n) is 7.06. The van der Waals surface area contributed by atoms with Crippen LogP contribution in [-0.4, -0.2) is 68.6 Å². The SMILES string of the molecule is C=C(C)CNC(N)=NCC(C)CN1CCN(C)CC1. The maximum absolute atomic E-state index is 5.80. The van der Waals surface area contributed by atoms with Gasteiger partial charge in [0.25, 0.3) is 0 Å². The number of nitrogens with one attached hydrogen (secondary N) is 1. The topological polar surface area (TPSA) is 56.9 Å². The molecule has 3 N–H and O–H groups in total. The largest absolute Gasteiger partial charge is 0.370 e. The highest BCUT2D eigenvalue weighted by Crippen LogP contribution is 2.04. The van der Waals surface area contributed by atoms with Gasteiger partial charge in [-0.2, -0.15) is 0 Å². The molecule has 0 spiro atoms. The van der Waals surface area contributed by atoms with Crippen LogP contribution in [0.2, 0.25) is 0 Å². The molecule has 1 heterocycles. The van der Waals surface area contributed by atoms with Crippen molar-refractivity contribution in [2.75, 3.05) is 52.9 Å². The number of nitrogens with zero attached hydrogens (tertiary/aromatic N) is 3. The van der Waals surface area contributed by atoms with Gasteiger partial charge in [-0.3, -0.25) is 4.99 Å². The molecular weight excluding hydrogens is 238 g/mol. The molecule has 0 aliphatic carbocycles. The fraction of sp³-hybridized carbons (Fsp3) is 0.786. The average Bonchev–Trinajstić information content (AvgIpc) is 2.36. The third-order valence-corrected chi connectivity index (χ3v) is 3.31. The summed E-state index contributed by atoms with van der Waals surface area (Å²) in [7, 11) is 2.18. The van der Waals surface area contributed by atoms with E-state index in [2.05, 4.69) is 40.7 Å². The van der Waals surface area contributed by atoms with Crippen molar-refractivity contribution >= 4 is 5.96 Å². The summed E-state index contributed by atoms with van der Waals surface area (Å²) in [5, 5.41) is 3.05. The lowest BCUT2D eigenvalue weighted by atomic mass is 10.1. The fourth-order valence-corrected chi connectivity index (χ4v) is 2.08. The molecule has 0 radical (unpaired) electrons. The molecule has 0 aromatic heterocycles. The number of rotatable bonds is 6. The highest BCUT2D eigenvalue weighted by atomic mass is 15.2. The second-order valence-corrected chi connectivity index (χ2v) is 5.75. The van der Waals surface area contributed by atoms with Crippen LogP contribution < -0.4 is 11.1 Å². The Balaban J connectivity index is 2.21. The standard InChI is InChI=1S/C14H29N5/c1-12(2)9-16-14(15)17-10-13(3)11-19-7-5-18(4)6-8-19/h13H,1,5-11H2,2-4H3,(H3,15,16,17). The molecule has 1 rings (SSSR count). The van der Waals surface area contributed by atoms with E-state index < -0.39 is 0 Å². The number of hydrogen-bond acceptors (Lipinski definition) is 3. The molecule has 0 bridgehead atoms. The maximum Gasteiger partial charge on any atom is 0.188 e. The Morgan fingerprint density at radius 1 is 1.37 bits per heavy atom. The molecule has 1 fully saturated rings. The molecule has 110 valence electrons. The first kappa shape index (κ1) is 16.0. The van der Waals surface area contributed by atoms with Crippen molar-refractivity contribution < 1.29 is 0 Å². The van der Waals surface area contributed by atoms with Crippen LogP contribution in [0.4, 0.5) is 0 Å². The molecule has 1 atom stereocenters. The zero-order valence-corrected chi connectivity index (χ0v) is 12.7. The Morgan fingerprint density at radius 3 is 2.58 bits per heavy atom. The van der Waals surface area contributed by atoms with Gasteiger partial charge in [-0.25, -0.2) is 0 Å². The van der Waals surface area contributed by atoms with Crippen LogP contribution in [0.5, 0.6) is 0 Å². The third kappa shape index (κ3) is 7.18. The van der Waals surface area contributed by atoms with Crippen molar-refractivity contribution in [3.05, 3.63) is 12.2 Å². The Labute approximate surface area is 117 Å². The van der Waals surface area contributed by atoms with Crippen LogP contribution in [0, 0.1) is 5.92 Å². The molecule has 1 unspecified atom stereocenters. The van der Waals surface area contributed by atoms with Gasteiger partial charge in [0.1, 0.15) is 0 Å². The Kier molecular flexibility index (Phi) is 6.87. The van der Waals surface area contributed by atoms with Crippen LogP contribution in [0.25, 0.3) is 0 Å². The van der Waals surface area contributed by atoms with Crippen molar-refractivity contribution in [1.82, 2.24) is 15.1 Å². The third-order valence-electron chi connectivity index (χ3n) is 3.31. The van der Waals surface area contributed by atoms with Crippen LogP contribution in [-0.2, 0) is 0 Å². The van der Waals surface area contributed by atoms with Crippen LogP contribution in [0.3, 0.4) is 0 Å². The molecular formula is C14H29N5. The fourth-order valence-electron chi connectivity index (χ4n) is 2.08. The first-order chi connectivity index (χ1) is 8.97. The smallest absolute Gasteiger partial charge is 0.188 e. The van der Waals surface area contributed by atoms with Crippen molar-refractivity contribution in [1.29, 1.82) is 0 Å². The van der Waals surface area contributed by atoms with E-state index in [9.17, 15) is 0 Å². The zero-order chi connectivity index (χ0) is 14.3. The lowest BCUT2D eigenvalue weighted by Crippen LogP contribution is -2.46. The van der Waals surface area contributed by atoms with Crippen LogP contribution in [0.15, 0.2) is 17.1 Å². The van der Waals surface area contributed by atoms with E-state index in [1.165, 1.54) is 0 Å². The predicted octanol–water partition coefficient (Wildman–Crippen LogP) is 0.350. The van der Waals surface area contributed by atoms with Crippen LogP contribution in [0.1, 0.15) is 13.8 Å². The number of nitrogens with two attached hydrogens (primary N) is 1. The van der Waals surface area contributed by atoms with Gasteiger partial charge in [0.05, 0.1) is 0 Å². The van der Waals surface area contributed by atoms with Gasteiger partial charge in [0, 0.05) is 45.8 Å². The molecule has 0 saturated carbocycles. The average molecular weight is 267 g/mol. The van der Waals surface area contributed by atoms with Crippen molar-refractivity contribution in [3.8, 4) is 0 Å². The van der Waals surface area contributed by atoms with E-state index in [0.29, 0.717) is 18.4 Å². The lowest BCUT2D eigenvalue weighted by molar-refractivity contribution is 0.140. The molecule has 0 amide bonds. The normalized spacial score (nSPS) is 20.3. The van der Waals surface area contributed by atoms with E-state index in [1.807, 2.05) is 6.92 Å². The molecule has 5 heteroatoms. The van der Waals surface area contributed by atoms with Crippen molar-refractivity contribution in [2.45, 2.75) is 13.8 Å². The molecule has 0 aromatic carbocycles. The summed E-state index contributed by atoms with van der Waals surface area (Å²) in [6, 6.07) is 0. The minimum atomic E-state index is 0.522. The minimum absolute atomic E-state index is 0.522. The van der Waals surface area contributed by atoms with Gasteiger partial charge in [-0.15, -0.1) is 0 Å². The van der Waals surface area contributed by atoms with Gasteiger partial charge in [0.2, 0.25) is 0 Å². The highest BCUT2D eigenvalue weighted by molar-refractivity contribution is 5.78. The lowest BCUT2D eigenvalue weighted by Gasteiger charge is -2.33. The van der Waals surface area contributed by atoms with Gasteiger partial charge in [-0.05, 0) is 19.9 Å². The minimum Gasteiger partial charge on any atom is -0.370 e. The number of guanidine groups is 1. The molecule has 1 aliphatic heterocycles. The molecule has 5 nitrogen and oxygen atoms in total. The van der Waals surface area contributed by atoms with E-state index in [0.717, 1.165) is 44.8 Å². The first-order valence-corrected chi connectivity index (χ1v) is 7.06. The Morgan fingerprint density at radius 2 is 2.00 bits per heavy atom. The maximum atomic E-state index is 5.80. The number of aliphatic imine (C=N–C) groups is 1. The predicted molar refractivity (Wildman–Crippen MR) is 82.4 cm³/mol. The molecule has 1 aliphatic rings. The van der Waals surface area contributed by atoms with Crippen molar-refractivity contribution in [3.63, 3.8) is 0 Å². The van der Waals surface area contributed by atoms with E-state index >= 15 is 0 Å². The van der Waals surface area contributed by atoms with E-state index in [-0.39, 0.29) is 0 Å². The second-order valence-electron chi connectivity index (χ2n) is 5.75. The van der Waals surface area contributed by atoms with Gasteiger partial charge < -0.3 is 20.9 Å². The summed E-state index contributed by atoms with van der Waals surface area (Å²) < 4.78 is 0. The van der Waals surface area contributed by atoms with Gasteiger partial charge >= 0.3 is 0 Å². The van der Waals surface area contributed by atoms with Gasteiger partial charge in [-0.1, -0.05) is 19.1 Å². The Hall–Kier alpha value is -1.07. The van der Waals surface area contributed by atoms with Gasteiger partial charge in [0.15, 0.2) is 5.96 Å². The van der Waals surface area contributed by atoms with E-state index in [4.69, 9.17) is 5.73 Å². The van der Waals surface area contributed by atoms with E-state index in [1.54, 1.807) is 0 Å². The summed E-state index contributed by atoms with van der Waals surface area (Å²) in [5.41, 5.74) is 6.86. The monoisotopic (exact) mass is 267 g/mol. The number of piperazine rings is 1.